The van der Waals surface area contributed by atoms with Gasteiger partial charge in [-0.25, -0.2) is 0 Å². The number of carbonyl (C=O) groups excluding carboxylic acids is 1. The number of hydrogen-bond acceptors (Lipinski definition) is 4. The monoisotopic (exact) mass is 361 g/mol. The predicted molar refractivity (Wildman–Crippen MR) is 101 cm³/mol. The third kappa shape index (κ3) is 4.32. The van der Waals surface area contributed by atoms with Crippen molar-refractivity contribution in [3.05, 3.63) is 44.9 Å². The Bertz CT molecular complexity index is 737. The molecule has 136 valence electrons. The molecule has 1 fully saturated rings. The van der Waals surface area contributed by atoms with Crippen LogP contribution in [-0.4, -0.2) is 60.1 Å². The van der Waals surface area contributed by atoms with Gasteiger partial charge in [-0.15, -0.1) is 0 Å². The molecular weight excluding hydrogens is 334 g/mol. The number of aromatic amines is 1. The zero-order chi connectivity index (χ0) is 18.0. The van der Waals surface area contributed by atoms with Crippen LogP contribution in [-0.2, 0) is 11.3 Å². The number of morpholine rings is 1. The smallest absolute Gasteiger partial charge is 0.255 e. The molecule has 25 heavy (non-hydrogen) atoms. The van der Waals surface area contributed by atoms with Crippen LogP contribution in [0.2, 0.25) is 0 Å². The standard InChI is InChI=1S/C19H27N3O2S/c1-13-11-25-12-18(13)19(23)22(8-16-7-14(2)20-15(16)3)10-17-9-21(4)5-6-24-17/h7,11-12,17,20H,5-6,8-10H2,1-4H3. The maximum absolute atomic E-state index is 13.2. The molecule has 1 aliphatic rings. The lowest BCUT2D eigenvalue weighted by Gasteiger charge is -2.34. The molecule has 0 bridgehead atoms. The van der Waals surface area contributed by atoms with Crippen LogP contribution < -0.4 is 0 Å². The quantitative estimate of drug-likeness (QED) is 0.891. The fraction of sp³-hybridized carbons (Fsp3) is 0.526. The van der Waals surface area contributed by atoms with Crippen molar-refractivity contribution in [3.8, 4) is 0 Å². The zero-order valence-corrected chi connectivity index (χ0v) is 16.3. The minimum absolute atomic E-state index is 0.0574. The van der Waals surface area contributed by atoms with E-state index in [4.69, 9.17) is 4.74 Å². The molecule has 0 aromatic carbocycles. The summed E-state index contributed by atoms with van der Waals surface area (Å²) in [6.45, 7) is 9.86. The Kier molecular flexibility index (Phi) is 5.61. The second-order valence-electron chi connectivity index (χ2n) is 7.01. The van der Waals surface area contributed by atoms with Gasteiger partial charge < -0.3 is 19.5 Å². The third-order valence-corrected chi connectivity index (χ3v) is 5.62. The molecule has 1 atom stereocenters. The first kappa shape index (κ1) is 18.2. The summed E-state index contributed by atoms with van der Waals surface area (Å²) in [7, 11) is 2.10. The lowest BCUT2D eigenvalue weighted by atomic mass is 10.1. The molecule has 1 saturated heterocycles. The summed E-state index contributed by atoms with van der Waals surface area (Å²) in [5, 5.41) is 3.98. The van der Waals surface area contributed by atoms with Crippen molar-refractivity contribution in [2.24, 2.45) is 0 Å². The van der Waals surface area contributed by atoms with E-state index < -0.39 is 0 Å². The number of aromatic nitrogens is 1. The summed E-state index contributed by atoms with van der Waals surface area (Å²) in [4.78, 5) is 20.7. The van der Waals surface area contributed by atoms with Crippen LogP contribution >= 0.6 is 11.3 Å². The van der Waals surface area contributed by atoms with Gasteiger partial charge in [0.25, 0.3) is 5.91 Å². The number of nitrogens with zero attached hydrogens (tertiary/aromatic N) is 2. The molecular formula is C19H27N3O2S. The number of carbonyl (C=O) groups is 1. The molecule has 0 aliphatic carbocycles. The SMILES string of the molecule is Cc1cc(CN(CC2CN(C)CCO2)C(=O)c2cscc2C)c(C)[nH]1. The molecule has 0 saturated carbocycles. The maximum Gasteiger partial charge on any atom is 0.255 e. The van der Waals surface area contributed by atoms with E-state index in [0.29, 0.717) is 13.1 Å². The van der Waals surface area contributed by atoms with Crippen LogP contribution in [0.4, 0.5) is 0 Å². The topological polar surface area (TPSA) is 48.6 Å². The van der Waals surface area contributed by atoms with Crippen molar-refractivity contribution in [2.45, 2.75) is 33.4 Å². The Morgan fingerprint density at radius 2 is 2.20 bits per heavy atom. The molecule has 1 N–H and O–H groups in total. The van der Waals surface area contributed by atoms with Gasteiger partial charge >= 0.3 is 0 Å². The molecule has 1 amide bonds. The molecule has 2 aromatic rings. The van der Waals surface area contributed by atoms with Gasteiger partial charge in [0.2, 0.25) is 0 Å². The number of aryl methyl sites for hydroxylation is 3. The van der Waals surface area contributed by atoms with Crippen LogP contribution in [0, 0.1) is 20.8 Å². The van der Waals surface area contributed by atoms with E-state index in [2.05, 4.69) is 29.9 Å². The number of thiophene rings is 1. The highest BCUT2D eigenvalue weighted by Gasteiger charge is 2.26. The number of amides is 1. The van der Waals surface area contributed by atoms with Crippen molar-refractivity contribution in [2.75, 3.05) is 33.3 Å². The summed E-state index contributed by atoms with van der Waals surface area (Å²) in [5.74, 6) is 0.0915. The number of hydrogen-bond donors (Lipinski definition) is 1. The second kappa shape index (κ2) is 7.72. The second-order valence-corrected chi connectivity index (χ2v) is 7.76. The van der Waals surface area contributed by atoms with Gasteiger partial charge in [-0.05, 0) is 50.4 Å². The molecule has 5 nitrogen and oxygen atoms in total. The molecule has 3 rings (SSSR count). The van der Waals surface area contributed by atoms with E-state index in [-0.39, 0.29) is 12.0 Å². The van der Waals surface area contributed by atoms with Crippen molar-refractivity contribution in [1.82, 2.24) is 14.8 Å². The van der Waals surface area contributed by atoms with Gasteiger partial charge in [-0.2, -0.15) is 11.3 Å². The van der Waals surface area contributed by atoms with E-state index in [1.54, 1.807) is 11.3 Å². The molecule has 1 aliphatic heterocycles. The average Bonchev–Trinajstić information content (AvgIpc) is 3.11. The summed E-state index contributed by atoms with van der Waals surface area (Å²) < 4.78 is 5.91. The number of ether oxygens (including phenoxy) is 1. The van der Waals surface area contributed by atoms with Crippen LogP contribution in [0.1, 0.15) is 32.9 Å². The highest BCUT2D eigenvalue weighted by Crippen LogP contribution is 2.20. The third-order valence-electron chi connectivity index (χ3n) is 4.76. The summed E-state index contributed by atoms with van der Waals surface area (Å²) in [6, 6.07) is 2.13. The van der Waals surface area contributed by atoms with Crippen LogP contribution in [0.15, 0.2) is 16.8 Å². The first-order chi connectivity index (χ1) is 11.9. The Hall–Kier alpha value is -1.63. The van der Waals surface area contributed by atoms with Crippen LogP contribution in [0.25, 0.3) is 0 Å². The maximum atomic E-state index is 13.2. The minimum atomic E-state index is 0.0574. The Balaban J connectivity index is 1.81. The highest BCUT2D eigenvalue weighted by atomic mass is 32.1. The molecule has 0 spiro atoms. The number of H-pyrrole nitrogens is 1. The Morgan fingerprint density at radius 3 is 2.80 bits per heavy atom. The molecule has 0 radical (unpaired) electrons. The lowest BCUT2D eigenvalue weighted by Crippen LogP contribution is -2.47. The van der Waals surface area contributed by atoms with Gasteiger partial charge in [0.1, 0.15) is 0 Å². The number of nitrogens with one attached hydrogen (secondary N) is 1. The van der Waals surface area contributed by atoms with E-state index in [9.17, 15) is 4.79 Å². The van der Waals surface area contributed by atoms with Crippen molar-refractivity contribution in [1.29, 1.82) is 0 Å². The van der Waals surface area contributed by atoms with Crippen molar-refractivity contribution >= 4 is 17.2 Å². The fourth-order valence-electron chi connectivity index (χ4n) is 3.34. The zero-order valence-electron chi connectivity index (χ0n) is 15.5. The van der Waals surface area contributed by atoms with E-state index in [0.717, 1.165) is 42.2 Å². The van der Waals surface area contributed by atoms with Gasteiger partial charge in [0, 0.05) is 42.9 Å². The van der Waals surface area contributed by atoms with Crippen molar-refractivity contribution < 1.29 is 9.53 Å². The number of likely N-dealkylation sites (N-methyl/N-ethyl adjacent to an activating group) is 1. The molecule has 6 heteroatoms. The minimum Gasteiger partial charge on any atom is -0.374 e. The first-order valence-corrected chi connectivity index (χ1v) is 9.65. The van der Waals surface area contributed by atoms with Crippen LogP contribution in [0.3, 0.4) is 0 Å². The van der Waals surface area contributed by atoms with E-state index in [1.165, 1.54) is 5.56 Å². The predicted octanol–water partition coefficient (Wildman–Crippen LogP) is 2.97. The molecule has 3 heterocycles. The summed E-state index contributed by atoms with van der Waals surface area (Å²) in [6.07, 6.45) is 0.0574. The van der Waals surface area contributed by atoms with Gasteiger partial charge in [-0.3, -0.25) is 4.79 Å². The lowest BCUT2D eigenvalue weighted by molar-refractivity contribution is -0.0336. The Morgan fingerprint density at radius 1 is 1.40 bits per heavy atom. The molecule has 1 unspecified atom stereocenters. The van der Waals surface area contributed by atoms with Gasteiger partial charge in [0.05, 0.1) is 18.3 Å². The Labute approximate surface area is 153 Å². The van der Waals surface area contributed by atoms with E-state index in [1.807, 2.05) is 29.5 Å². The summed E-state index contributed by atoms with van der Waals surface area (Å²) >= 11 is 1.58. The highest BCUT2D eigenvalue weighted by molar-refractivity contribution is 7.08. The first-order valence-electron chi connectivity index (χ1n) is 8.71. The number of rotatable bonds is 5. The normalized spacial score (nSPS) is 18.5. The van der Waals surface area contributed by atoms with Crippen molar-refractivity contribution in [3.63, 3.8) is 0 Å². The average molecular weight is 362 g/mol. The van der Waals surface area contributed by atoms with Crippen LogP contribution in [0.5, 0.6) is 0 Å². The largest absolute Gasteiger partial charge is 0.374 e. The fourth-order valence-corrected chi connectivity index (χ4v) is 4.17. The van der Waals surface area contributed by atoms with Gasteiger partial charge in [-0.1, -0.05) is 0 Å². The van der Waals surface area contributed by atoms with Gasteiger partial charge in [0.15, 0.2) is 0 Å². The van der Waals surface area contributed by atoms with E-state index >= 15 is 0 Å². The summed E-state index contributed by atoms with van der Waals surface area (Å²) in [5.41, 5.74) is 5.27. The molecule has 2 aromatic heterocycles.